The maximum absolute atomic E-state index is 13.3. The van der Waals surface area contributed by atoms with Crippen LogP contribution in [0.1, 0.15) is 17.3 Å². The smallest absolute Gasteiger partial charge is 0.338 e. The third kappa shape index (κ3) is 3.13. The van der Waals surface area contributed by atoms with Crippen molar-refractivity contribution in [3.05, 3.63) is 72.3 Å². The summed E-state index contributed by atoms with van der Waals surface area (Å²) < 4.78 is 11.2. The Bertz CT molecular complexity index is 1080. The zero-order valence-electron chi connectivity index (χ0n) is 17.0. The van der Waals surface area contributed by atoms with Gasteiger partial charge in [0.05, 0.1) is 36.7 Å². The Morgan fingerprint density at radius 3 is 2.77 bits per heavy atom. The van der Waals surface area contributed by atoms with Crippen LogP contribution in [0.5, 0.6) is 0 Å². The summed E-state index contributed by atoms with van der Waals surface area (Å²) in [6.07, 6.45) is 3.35. The first-order valence-corrected chi connectivity index (χ1v) is 10.3. The normalized spacial score (nSPS) is 28.0. The summed E-state index contributed by atoms with van der Waals surface area (Å²) in [5.74, 6) is -2.09. The van der Waals surface area contributed by atoms with E-state index in [0.717, 1.165) is 5.69 Å². The van der Waals surface area contributed by atoms with Gasteiger partial charge in [-0.05, 0) is 37.3 Å². The molecular formula is C24H22N2O5. The van der Waals surface area contributed by atoms with Crippen LogP contribution in [0, 0.1) is 11.8 Å². The molecule has 2 aromatic carbocycles. The number of amides is 2. The summed E-state index contributed by atoms with van der Waals surface area (Å²) >= 11 is 0. The second-order valence-electron chi connectivity index (χ2n) is 7.95. The molecule has 4 atom stereocenters. The van der Waals surface area contributed by atoms with Gasteiger partial charge in [0.1, 0.15) is 5.60 Å². The standard InChI is InChI=1S/C24H22N2O5/c1-2-30-23(29)15-7-6-8-16(13-15)25-21(27)19-18-11-12-24(31-18)14-26(22(28)20(19)24)17-9-4-3-5-10-17/h3-13,18-20H,2,14H2,1H3,(H,25,27)/t18-,19+,20-,24+/m1/s1. The second-order valence-corrected chi connectivity index (χ2v) is 7.95. The Morgan fingerprint density at radius 2 is 2.00 bits per heavy atom. The zero-order valence-corrected chi connectivity index (χ0v) is 17.0. The summed E-state index contributed by atoms with van der Waals surface area (Å²) in [6, 6.07) is 16.0. The molecule has 3 aliphatic heterocycles. The van der Waals surface area contributed by atoms with E-state index in [9.17, 15) is 14.4 Å². The number of fused-ring (bicyclic) bond motifs is 1. The van der Waals surface area contributed by atoms with E-state index in [1.54, 1.807) is 36.1 Å². The highest BCUT2D eigenvalue weighted by Crippen LogP contribution is 2.52. The molecule has 2 saturated heterocycles. The summed E-state index contributed by atoms with van der Waals surface area (Å²) in [4.78, 5) is 40.2. The highest BCUT2D eigenvalue weighted by molar-refractivity contribution is 6.05. The van der Waals surface area contributed by atoms with Crippen LogP contribution in [0.2, 0.25) is 0 Å². The van der Waals surface area contributed by atoms with Crippen molar-refractivity contribution in [3.63, 3.8) is 0 Å². The van der Waals surface area contributed by atoms with Crippen molar-refractivity contribution in [2.45, 2.75) is 18.6 Å². The van der Waals surface area contributed by atoms with Gasteiger partial charge in [0.15, 0.2) is 0 Å². The number of ether oxygens (including phenoxy) is 2. The first kappa shape index (κ1) is 19.5. The molecule has 7 heteroatoms. The van der Waals surface area contributed by atoms with Gasteiger partial charge in [0.2, 0.25) is 11.8 Å². The SMILES string of the molecule is CCOC(=O)c1cccc(NC(=O)[C@H]2[C@H]3C=C[C@@]4(CN(c5ccccc5)C(=O)[C@@H]24)O3)c1. The Kier molecular flexibility index (Phi) is 4.63. The Hall–Kier alpha value is -3.45. The molecule has 2 amide bonds. The number of nitrogens with one attached hydrogen (secondary N) is 1. The van der Waals surface area contributed by atoms with E-state index >= 15 is 0 Å². The van der Waals surface area contributed by atoms with E-state index in [4.69, 9.17) is 9.47 Å². The predicted octanol–water partition coefficient (Wildman–Crippen LogP) is 2.79. The number of nitrogens with zero attached hydrogens (tertiary/aromatic N) is 1. The van der Waals surface area contributed by atoms with Crippen molar-refractivity contribution in [1.82, 2.24) is 0 Å². The monoisotopic (exact) mass is 418 g/mol. The lowest BCUT2D eigenvalue weighted by molar-refractivity contribution is -0.128. The van der Waals surface area contributed by atoms with Crippen molar-refractivity contribution in [3.8, 4) is 0 Å². The minimum Gasteiger partial charge on any atom is -0.462 e. The van der Waals surface area contributed by atoms with Crippen LogP contribution in [0.25, 0.3) is 0 Å². The Labute approximate surface area is 179 Å². The zero-order chi connectivity index (χ0) is 21.6. The number of para-hydroxylation sites is 1. The molecule has 0 aliphatic carbocycles. The van der Waals surface area contributed by atoms with E-state index in [1.165, 1.54) is 0 Å². The van der Waals surface area contributed by atoms with Gasteiger partial charge in [0, 0.05) is 11.4 Å². The van der Waals surface area contributed by atoms with Crippen molar-refractivity contribution in [2.75, 3.05) is 23.4 Å². The van der Waals surface area contributed by atoms with E-state index in [0.29, 0.717) is 17.8 Å². The van der Waals surface area contributed by atoms with E-state index < -0.39 is 29.5 Å². The Morgan fingerprint density at radius 1 is 1.19 bits per heavy atom. The molecule has 0 aromatic heterocycles. The first-order chi connectivity index (χ1) is 15.0. The van der Waals surface area contributed by atoms with Gasteiger partial charge in [0.25, 0.3) is 0 Å². The summed E-state index contributed by atoms with van der Waals surface area (Å²) in [7, 11) is 0. The lowest BCUT2D eigenvalue weighted by Gasteiger charge is -2.23. The predicted molar refractivity (Wildman–Crippen MR) is 114 cm³/mol. The van der Waals surface area contributed by atoms with Gasteiger partial charge in [-0.2, -0.15) is 0 Å². The molecule has 3 heterocycles. The number of esters is 1. The molecule has 2 bridgehead atoms. The topological polar surface area (TPSA) is 84.9 Å². The van der Waals surface area contributed by atoms with Crippen LogP contribution < -0.4 is 10.2 Å². The number of benzene rings is 2. The number of rotatable bonds is 5. The number of carbonyl (C=O) groups is 3. The fourth-order valence-corrected chi connectivity index (χ4v) is 4.79. The van der Waals surface area contributed by atoms with Gasteiger partial charge >= 0.3 is 5.97 Å². The molecule has 1 spiro atoms. The molecule has 2 aromatic rings. The highest BCUT2D eigenvalue weighted by atomic mass is 16.5. The van der Waals surface area contributed by atoms with Crippen molar-refractivity contribution in [2.24, 2.45) is 11.8 Å². The van der Waals surface area contributed by atoms with Crippen molar-refractivity contribution >= 4 is 29.2 Å². The van der Waals surface area contributed by atoms with Gasteiger partial charge in [-0.25, -0.2) is 4.79 Å². The summed E-state index contributed by atoms with van der Waals surface area (Å²) in [5, 5.41) is 2.86. The number of carbonyl (C=O) groups excluding carboxylic acids is 3. The summed E-state index contributed by atoms with van der Waals surface area (Å²) in [5.41, 5.74) is 0.832. The molecule has 7 nitrogen and oxygen atoms in total. The fourth-order valence-electron chi connectivity index (χ4n) is 4.79. The average Bonchev–Trinajstić information content (AvgIpc) is 3.43. The van der Waals surface area contributed by atoms with E-state index in [2.05, 4.69) is 5.32 Å². The summed E-state index contributed by atoms with van der Waals surface area (Å²) in [6.45, 7) is 2.39. The molecule has 2 fully saturated rings. The molecule has 31 heavy (non-hydrogen) atoms. The molecular weight excluding hydrogens is 396 g/mol. The quantitative estimate of drug-likeness (QED) is 0.596. The van der Waals surface area contributed by atoms with Crippen LogP contribution in [0.4, 0.5) is 11.4 Å². The minimum absolute atomic E-state index is 0.113. The van der Waals surface area contributed by atoms with Crippen LogP contribution in [0.15, 0.2) is 66.7 Å². The van der Waals surface area contributed by atoms with Gasteiger partial charge in [-0.15, -0.1) is 0 Å². The molecule has 5 rings (SSSR count). The largest absolute Gasteiger partial charge is 0.462 e. The number of hydrogen-bond acceptors (Lipinski definition) is 5. The van der Waals surface area contributed by atoms with Crippen molar-refractivity contribution < 1.29 is 23.9 Å². The lowest BCUT2D eigenvalue weighted by atomic mass is 9.76. The highest BCUT2D eigenvalue weighted by Gasteiger charge is 2.67. The molecule has 158 valence electrons. The molecule has 1 N–H and O–H groups in total. The van der Waals surface area contributed by atoms with Gasteiger partial charge in [-0.1, -0.05) is 36.4 Å². The minimum atomic E-state index is -0.785. The fraction of sp³-hybridized carbons (Fsp3) is 0.292. The second kappa shape index (κ2) is 7.35. The number of hydrogen-bond donors (Lipinski definition) is 1. The molecule has 3 aliphatic rings. The molecule has 0 saturated carbocycles. The van der Waals surface area contributed by atoms with Crippen LogP contribution in [0.3, 0.4) is 0 Å². The third-order valence-corrected chi connectivity index (χ3v) is 6.11. The first-order valence-electron chi connectivity index (χ1n) is 10.3. The van der Waals surface area contributed by atoms with E-state index in [1.807, 2.05) is 42.5 Å². The van der Waals surface area contributed by atoms with Gasteiger partial charge < -0.3 is 19.7 Å². The molecule has 0 unspecified atom stereocenters. The average molecular weight is 418 g/mol. The molecule has 0 radical (unpaired) electrons. The maximum atomic E-state index is 13.3. The van der Waals surface area contributed by atoms with E-state index in [-0.39, 0.29) is 18.4 Å². The maximum Gasteiger partial charge on any atom is 0.338 e. The number of anilines is 2. The van der Waals surface area contributed by atoms with Crippen LogP contribution in [-0.4, -0.2) is 42.6 Å². The van der Waals surface area contributed by atoms with Crippen molar-refractivity contribution in [1.29, 1.82) is 0 Å². The Balaban J connectivity index is 1.38. The lowest BCUT2D eigenvalue weighted by Crippen LogP contribution is -2.41. The van der Waals surface area contributed by atoms with Gasteiger partial charge in [-0.3, -0.25) is 9.59 Å². The third-order valence-electron chi connectivity index (χ3n) is 6.11. The van der Waals surface area contributed by atoms with Crippen LogP contribution in [-0.2, 0) is 19.1 Å². The van der Waals surface area contributed by atoms with Crippen LogP contribution >= 0.6 is 0 Å².